The highest BCUT2D eigenvalue weighted by atomic mass is 19.1. The van der Waals surface area contributed by atoms with Crippen LogP contribution in [0.2, 0.25) is 0 Å². The van der Waals surface area contributed by atoms with Gasteiger partial charge in [0.05, 0.1) is 18.3 Å². The fraction of sp³-hybridized carbons (Fsp3) is 0.467. The molecule has 0 saturated carbocycles. The van der Waals surface area contributed by atoms with Gasteiger partial charge >= 0.3 is 6.01 Å². The number of aromatic nitrogens is 1. The molecule has 8 heteroatoms. The Kier molecular flexibility index (Phi) is 9.63. The lowest BCUT2D eigenvalue weighted by molar-refractivity contribution is -0.118. The SMILES string of the molecule is CCC[C@H](NC1CCc2cc(F)cc(F)c2C1)C(=O)Nc1ncc(C(C)NCCC(C)c2ccccc2)o1. The van der Waals surface area contributed by atoms with Crippen molar-refractivity contribution in [2.24, 2.45) is 0 Å². The van der Waals surface area contributed by atoms with Crippen LogP contribution in [0.15, 0.2) is 53.1 Å². The van der Waals surface area contributed by atoms with Crippen LogP contribution in [0.25, 0.3) is 0 Å². The fourth-order valence-electron chi connectivity index (χ4n) is 5.09. The lowest BCUT2D eigenvalue weighted by Gasteiger charge is -2.29. The summed E-state index contributed by atoms with van der Waals surface area (Å²) < 4.78 is 33.7. The minimum atomic E-state index is -0.549. The Morgan fingerprint density at radius 1 is 1.16 bits per heavy atom. The molecule has 2 aromatic carbocycles. The summed E-state index contributed by atoms with van der Waals surface area (Å²) in [5.41, 5.74) is 2.56. The standard InChI is InChI=1S/C30H38F2N4O2/c1-4-8-27(35-24-12-11-22-15-23(31)16-26(32)25(22)17-24)29(37)36-30-34-18-28(38-30)20(3)33-14-13-19(2)21-9-6-5-7-10-21/h5-7,9-10,15-16,18-20,24,27,33,35H,4,8,11-14,17H2,1-3H3,(H,34,36,37)/t19?,20?,24?,27-/m0/s1. The molecule has 1 heterocycles. The quantitative estimate of drug-likeness (QED) is 0.269. The molecule has 0 fully saturated rings. The summed E-state index contributed by atoms with van der Waals surface area (Å²) in [6, 6.07) is 12.3. The van der Waals surface area contributed by atoms with Crippen LogP contribution in [0.3, 0.4) is 0 Å². The largest absolute Gasteiger partial charge is 0.427 e. The van der Waals surface area contributed by atoms with E-state index in [1.807, 2.05) is 19.9 Å². The number of benzene rings is 2. The molecule has 204 valence electrons. The molecule has 0 bridgehead atoms. The number of hydrogen-bond acceptors (Lipinski definition) is 5. The number of fused-ring (bicyclic) bond motifs is 1. The van der Waals surface area contributed by atoms with Crippen molar-refractivity contribution in [2.45, 2.75) is 83.3 Å². The Morgan fingerprint density at radius 3 is 2.71 bits per heavy atom. The Hall–Kier alpha value is -3.10. The molecule has 3 unspecified atom stereocenters. The molecule has 3 aromatic rings. The third-order valence-corrected chi connectivity index (χ3v) is 7.37. The van der Waals surface area contributed by atoms with E-state index in [-0.39, 0.29) is 24.0 Å². The van der Waals surface area contributed by atoms with E-state index in [0.29, 0.717) is 48.5 Å². The number of aryl methyl sites for hydroxylation is 1. The number of nitrogens with zero attached hydrogens (tertiary/aromatic N) is 1. The predicted octanol–water partition coefficient (Wildman–Crippen LogP) is 6.05. The van der Waals surface area contributed by atoms with Gasteiger partial charge in [0, 0.05) is 12.1 Å². The first-order valence-electron chi connectivity index (χ1n) is 13.6. The van der Waals surface area contributed by atoms with Crippen molar-refractivity contribution >= 4 is 11.9 Å². The zero-order valence-corrected chi connectivity index (χ0v) is 22.4. The Balaban J connectivity index is 1.28. The maximum atomic E-state index is 14.3. The second-order valence-electron chi connectivity index (χ2n) is 10.3. The highest BCUT2D eigenvalue weighted by molar-refractivity contribution is 5.93. The number of hydrogen-bond donors (Lipinski definition) is 3. The number of halogens is 2. The van der Waals surface area contributed by atoms with Crippen molar-refractivity contribution in [3.8, 4) is 0 Å². The number of carbonyl (C=O) groups is 1. The van der Waals surface area contributed by atoms with Gasteiger partial charge in [-0.1, -0.05) is 50.6 Å². The summed E-state index contributed by atoms with van der Waals surface area (Å²) in [5.74, 6) is -0.207. The molecule has 38 heavy (non-hydrogen) atoms. The van der Waals surface area contributed by atoms with Gasteiger partial charge < -0.3 is 15.1 Å². The van der Waals surface area contributed by atoms with Crippen molar-refractivity contribution in [2.75, 3.05) is 11.9 Å². The van der Waals surface area contributed by atoms with Gasteiger partial charge in [-0.3, -0.25) is 10.1 Å². The Morgan fingerprint density at radius 2 is 1.95 bits per heavy atom. The van der Waals surface area contributed by atoms with Gasteiger partial charge in [0.15, 0.2) is 0 Å². The average Bonchev–Trinajstić information content (AvgIpc) is 3.37. The maximum Gasteiger partial charge on any atom is 0.301 e. The van der Waals surface area contributed by atoms with E-state index in [1.54, 1.807) is 6.20 Å². The second-order valence-corrected chi connectivity index (χ2v) is 10.3. The lowest BCUT2D eigenvalue weighted by Crippen LogP contribution is -2.48. The molecule has 3 N–H and O–H groups in total. The molecular formula is C30H38F2N4O2. The van der Waals surface area contributed by atoms with Crippen LogP contribution in [0, 0.1) is 11.6 Å². The van der Waals surface area contributed by atoms with Gasteiger partial charge in [0.1, 0.15) is 17.4 Å². The molecule has 6 nitrogen and oxygen atoms in total. The molecule has 0 radical (unpaired) electrons. The van der Waals surface area contributed by atoms with Crippen LogP contribution in [-0.4, -0.2) is 29.5 Å². The summed E-state index contributed by atoms with van der Waals surface area (Å²) >= 11 is 0. The van der Waals surface area contributed by atoms with Crippen LogP contribution in [0.5, 0.6) is 0 Å². The topological polar surface area (TPSA) is 79.2 Å². The minimum Gasteiger partial charge on any atom is -0.427 e. The van der Waals surface area contributed by atoms with Gasteiger partial charge in [-0.15, -0.1) is 0 Å². The average molecular weight is 525 g/mol. The first-order chi connectivity index (χ1) is 18.3. The van der Waals surface area contributed by atoms with E-state index >= 15 is 0 Å². The molecule has 4 atom stereocenters. The summed E-state index contributed by atoms with van der Waals surface area (Å²) in [7, 11) is 0. The van der Waals surface area contributed by atoms with Gasteiger partial charge in [0.2, 0.25) is 5.91 Å². The molecule has 1 aromatic heterocycles. The van der Waals surface area contributed by atoms with Crippen molar-refractivity contribution in [3.05, 3.63) is 82.7 Å². The number of anilines is 1. The van der Waals surface area contributed by atoms with Crippen LogP contribution in [-0.2, 0) is 17.6 Å². The van der Waals surface area contributed by atoms with Gasteiger partial charge in [-0.05, 0) is 74.2 Å². The van der Waals surface area contributed by atoms with E-state index in [1.165, 1.54) is 11.6 Å². The third-order valence-electron chi connectivity index (χ3n) is 7.37. The van der Waals surface area contributed by atoms with Crippen molar-refractivity contribution in [1.29, 1.82) is 0 Å². The van der Waals surface area contributed by atoms with Crippen LogP contribution in [0.4, 0.5) is 14.8 Å². The summed E-state index contributed by atoms with van der Waals surface area (Å²) in [6.45, 7) is 7.05. The van der Waals surface area contributed by atoms with E-state index in [2.05, 4.69) is 52.1 Å². The monoisotopic (exact) mass is 524 g/mol. The summed E-state index contributed by atoms with van der Waals surface area (Å²) in [6.07, 6.45) is 5.74. The number of rotatable bonds is 12. The molecule has 1 amide bonds. The minimum absolute atomic E-state index is 0.0530. The lowest BCUT2D eigenvalue weighted by atomic mass is 9.87. The first-order valence-corrected chi connectivity index (χ1v) is 13.6. The number of nitrogens with one attached hydrogen (secondary N) is 3. The Bertz CT molecular complexity index is 1200. The molecule has 0 aliphatic heterocycles. The summed E-state index contributed by atoms with van der Waals surface area (Å²) in [5, 5.41) is 9.65. The van der Waals surface area contributed by atoms with Crippen molar-refractivity contribution < 1.29 is 18.0 Å². The van der Waals surface area contributed by atoms with Crippen LogP contribution < -0.4 is 16.0 Å². The first kappa shape index (κ1) is 27.9. The highest BCUT2D eigenvalue weighted by Gasteiger charge is 2.27. The third kappa shape index (κ3) is 7.26. The maximum absolute atomic E-state index is 14.3. The number of carbonyl (C=O) groups excluding carboxylic acids is 1. The van der Waals surface area contributed by atoms with E-state index in [9.17, 15) is 13.6 Å². The van der Waals surface area contributed by atoms with Gasteiger partial charge in [-0.25, -0.2) is 13.8 Å². The van der Waals surface area contributed by atoms with Gasteiger partial charge in [0.25, 0.3) is 0 Å². The zero-order valence-electron chi connectivity index (χ0n) is 22.4. The molecule has 0 saturated heterocycles. The number of amides is 1. The van der Waals surface area contributed by atoms with E-state index < -0.39 is 17.7 Å². The van der Waals surface area contributed by atoms with E-state index in [4.69, 9.17) is 4.42 Å². The zero-order chi connectivity index (χ0) is 27.1. The van der Waals surface area contributed by atoms with Crippen LogP contribution >= 0.6 is 0 Å². The molecule has 4 rings (SSSR count). The molecular weight excluding hydrogens is 486 g/mol. The van der Waals surface area contributed by atoms with Crippen molar-refractivity contribution in [3.63, 3.8) is 0 Å². The molecule has 0 spiro atoms. The van der Waals surface area contributed by atoms with E-state index in [0.717, 1.165) is 25.5 Å². The fourth-order valence-corrected chi connectivity index (χ4v) is 5.09. The van der Waals surface area contributed by atoms with Crippen molar-refractivity contribution in [1.82, 2.24) is 15.6 Å². The predicted molar refractivity (Wildman–Crippen MR) is 145 cm³/mol. The molecule has 1 aliphatic rings. The normalized spacial score (nSPS) is 17.4. The second kappa shape index (κ2) is 13.1. The smallest absolute Gasteiger partial charge is 0.301 e. The van der Waals surface area contributed by atoms with Gasteiger partial charge in [-0.2, -0.15) is 0 Å². The highest BCUT2D eigenvalue weighted by Crippen LogP contribution is 2.26. The molecule has 1 aliphatic carbocycles. The Labute approximate surface area is 223 Å². The number of oxazole rings is 1. The van der Waals surface area contributed by atoms with Crippen LogP contribution in [0.1, 0.15) is 80.9 Å². The summed E-state index contributed by atoms with van der Waals surface area (Å²) in [4.78, 5) is 17.3.